The molecule has 0 saturated carbocycles. The normalized spacial score (nSPS) is 17.4. The Hall–Kier alpha value is -1.61. The first-order chi connectivity index (χ1) is 8.42. The fourth-order valence-electron chi connectivity index (χ4n) is 2.33. The van der Waals surface area contributed by atoms with Crippen LogP contribution in [0.3, 0.4) is 0 Å². The summed E-state index contributed by atoms with van der Waals surface area (Å²) in [4.78, 5) is 2.49. The predicted molar refractivity (Wildman–Crippen MR) is 69.9 cm³/mol. The lowest BCUT2D eigenvalue weighted by molar-refractivity contribution is 0.378. The van der Waals surface area contributed by atoms with Crippen LogP contribution in [0.4, 0.5) is 0 Å². The number of fused-ring (bicyclic) bond motifs is 1. The molecule has 0 spiro atoms. The molecule has 0 N–H and O–H groups in total. The van der Waals surface area contributed by atoms with Gasteiger partial charge in [-0.05, 0) is 43.6 Å². The molecule has 2 aromatic rings. The average Bonchev–Trinajstić information content (AvgIpc) is 2.98. The van der Waals surface area contributed by atoms with Crippen molar-refractivity contribution in [1.82, 2.24) is 14.5 Å². The highest BCUT2D eigenvalue weighted by molar-refractivity contribution is 5.54. The van der Waals surface area contributed by atoms with E-state index in [9.17, 15) is 0 Å². The van der Waals surface area contributed by atoms with Gasteiger partial charge in [-0.25, -0.2) is 4.52 Å². The third-order valence-corrected chi connectivity index (χ3v) is 3.29. The van der Waals surface area contributed by atoms with Crippen LogP contribution in [-0.4, -0.2) is 34.1 Å². The van der Waals surface area contributed by atoms with Gasteiger partial charge in [0.2, 0.25) is 0 Å². The molecule has 0 amide bonds. The first-order valence-electron chi connectivity index (χ1n) is 6.24. The largest absolute Gasteiger partial charge is 0.300 e. The molecule has 1 saturated heterocycles. The summed E-state index contributed by atoms with van der Waals surface area (Å²) in [5, 5.41) is 4.24. The maximum atomic E-state index is 4.24. The quantitative estimate of drug-likeness (QED) is 0.803. The van der Waals surface area contributed by atoms with Gasteiger partial charge in [0.1, 0.15) is 0 Å². The third-order valence-electron chi connectivity index (χ3n) is 3.29. The van der Waals surface area contributed by atoms with E-state index < -0.39 is 0 Å². The van der Waals surface area contributed by atoms with Crippen LogP contribution in [0.2, 0.25) is 0 Å². The lowest BCUT2D eigenvalue weighted by atomic mass is 10.2. The van der Waals surface area contributed by atoms with E-state index in [0.717, 1.165) is 12.1 Å². The summed E-state index contributed by atoms with van der Waals surface area (Å²) < 4.78 is 1.91. The molecule has 0 aliphatic carbocycles. The van der Waals surface area contributed by atoms with Crippen molar-refractivity contribution in [2.45, 2.75) is 12.8 Å². The SMILES string of the molecule is C(=Cc1ccc2ccnn2c1)CN1CCCC1. The molecule has 3 heterocycles. The van der Waals surface area contributed by atoms with Crippen molar-refractivity contribution in [2.75, 3.05) is 19.6 Å². The summed E-state index contributed by atoms with van der Waals surface area (Å²) in [5.41, 5.74) is 2.35. The number of hydrogen-bond acceptors (Lipinski definition) is 2. The zero-order valence-corrected chi connectivity index (χ0v) is 9.92. The van der Waals surface area contributed by atoms with Crippen LogP contribution in [0.25, 0.3) is 11.6 Å². The highest BCUT2D eigenvalue weighted by atomic mass is 15.2. The highest BCUT2D eigenvalue weighted by Gasteiger charge is 2.08. The third kappa shape index (κ3) is 2.39. The Morgan fingerprint density at radius 2 is 2.06 bits per heavy atom. The van der Waals surface area contributed by atoms with E-state index in [-0.39, 0.29) is 0 Å². The van der Waals surface area contributed by atoms with Crippen molar-refractivity contribution in [3.05, 3.63) is 42.2 Å². The van der Waals surface area contributed by atoms with Crippen LogP contribution in [0, 0.1) is 0 Å². The van der Waals surface area contributed by atoms with Crippen LogP contribution < -0.4 is 0 Å². The number of hydrogen-bond donors (Lipinski definition) is 0. The molecule has 0 bridgehead atoms. The number of aromatic nitrogens is 2. The maximum absolute atomic E-state index is 4.24. The molecule has 3 nitrogen and oxygen atoms in total. The van der Waals surface area contributed by atoms with Crippen molar-refractivity contribution in [3.8, 4) is 0 Å². The smallest absolute Gasteiger partial charge is 0.0661 e. The zero-order valence-electron chi connectivity index (χ0n) is 9.92. The first-order valence-corrected chi connectivity index (χ1v) is 6.24. The summed E-state index contributed by atoms with van der Waals surface area (Å²) in [6.45, 7) is 3.57. The van der Waals surface area contributed by atoms with Crippen LogP contribution in [0.15, 0.2) is 36.7 Å². The Kier molecular flexibility index (Phi) is 2.92. The average molecular weight is 227 g/mol. The number of likely N-dealkylation sites (tertiary alicyclic amines) is 1. The van der Waals surface area contributed by atoms with Gasteiger partial charge in [-0.1, -0.05) is 18.2 Å². The fourth-order valence-corrected chi connectivity index (χ4v) is 2.33. The van der Waals surface area contributed by atoms with Gasteiger partial charge < -0.3 is 0 Å². The Balaban J connectivity index is 1.68. The van der Waals surface area contributed by atoms with Gasteiger partial charge in [0.15, 0.2) is 0 Å². The monoisotopic (exact) mass is 227 g/mol. The minimum atomic E-state index is 1.07. The van der Waals surface area contributed by atoms with Gasteiger partial charge in [0, 0.05) is 18.9 Å². The van der Waals surface area contributed by atoms with E-state index in [1.54, 1.807) is 0 Å². The summed E-state index contributed by atoms with van der Waals surface area (Å²) in [7, 11) is 0. The van der Waals surface area contributed by atoms with Crippen LogP contribution in [0.5, 0.6) is 0 Å². The lowest BCUT2D eigenvalue weighted by Gasteiger charge is -2.10. The summed E-state index contributed by atoms with van der Waals surface area (Å²) in [6.07, 6.45) is 11.0. The standard InChI is InChI=1S/C14H17N3/c1-2-10-16(9-1)11-3-4-13-5-6-14-7-8-15-17(14)12-13/h3-8,12H,1-2,9-11H2. The van der Waals surface area contributed by atoms with E-state index in [1.165, 1.54) is 31.5 Å². The molecule has 88 valence electrons. The molecular weight excluding hydrogens is 210 g/mol. The van der Waals surface area contributed by atoms with Crippen LogP contribution >= 0.6 is 0 Å². The van der Waals surface area contributed by atoms with Crippen LogP contribution in [-0.2, 0) is 0 Å². The molecule has 0 atom stereocenters. The molecule has 3 rings (SSSR count). The zero-order chi connectivity index (χ0) is 11.5. The molecule has 17 heavy (non-hydrogen) atoms. The van der Waals surface area contributed by atoms with Crippen molar-refractivity contribution in [1.29, 1.82) is 0 Å². The second-order valence-electron chi connectivity index (χ2n) is 4.57. The predicted octanol–water partition coefficient (Wildman–Crippen LogP) is 2.44. The molecule has 1 aliphatic rings. The summed E-state index contributed by atoms with van der Waals surface area (Å²) in [6, 6.07) is 6.25. The molecule has 0 unspecified atom stereocenters. The molecule has 0 radical (unpaired) electrons. The molecule has 1 fully saturated rings. The van der Waals surface area contributed by atoms with Gasteiger partial charge in [0.05, 0.1) is 5.52 Å². The van der Waals surface area contributed by atoms with Crippen LogP contribution in [0.1, 0.15) is 18.4 Å². The second kappa shape index (κ2) is 4.72. The first kappa shape index (κ1) is 10.5. The van der Waals surface area contributed by atoms with E-state index in [2.05, 4.69) is 40.5 Å². The van der Waals surface area contributed by atoms with E-state index in [0.29, 0.717) is 0 Å². The Labute approximate surface area is 101 Å². The Bertz CT molecular complexity index is 521. The lowest BCUT2D eigenvalue weighted by Crippen LogP contribution is -2.18. The maximum Gasteiger partial charge on any atom is 0.0661 e. The van der Waals surface area contributed by atoms with Gasteiger partial charge >= 0.3 is 0 Å². The van der Waals surface area contributed by atoms with Gasteiger partial charge in [-0.2, -0.15) is 5.10 Å². The summed E-state index contributed by atoms with van der Waals surface area (Å²) >= 11 is 0. The highest BCUT2D eigenvalue weighted by Crippen LogP contribution is 2.09. The fraction of sp³-hybridized carbons (Fsp3) is 0.357. The minimum absolute atomic E-state index is 1.07. The number of nitrogens with zero attached hydrogens (tertiary/aromatic N) is 3. The topological polar surface area (TPSA) is 20.5 Å². The van der Waals surface area contributed by atoms with E-state index >= 15 is 0 Å². The van der Waals surface area contributed by atoms with Crippen molar-refractivity contribution in [2.24, 2.45) is 0 Å². The van der Waals surface area contributed by atoms with Gasteiger partial charge in [-0.3, -0.25) is 4.90 Å². The van der Waals surface area contributed by atoms with Gasteiger partial charge in [0.25, 0.3) is 0 Å². The molecule has 0 aromatic carbocycles. The molecule has 3 heteroatoms. The minimum Gasteiger partial charge on any atom is -0.300 e. The Morgan fingerprint density at radius 3 is 2.94 bits per heavy atom. The van der Waals surface area contributed by atoms with E-state index in [4.69, 9.17) is 0 Å². The van der Waals surface area contributed by atoms with Crippen molar-refractivity contribution in [3.63, 3.8) is 0 Å². The number of rotatable bonds is 3. The van der Waals surface area contributed by atoms with Gasteiger partial charge in [-0.15, -0.1) is 0 Å². The second-order valence-corrected chi connectivity index (χ2v) is 4.57. The van der Waals surface area contributed by atoms with E-state index in [1.807, 2.05) is 16.8 Å². The van der Waals surface area contributed by atoms with Crippen molar-refractivity contribution < 1.29 is 0 Å². The number of pyridine rings is 1. The Morgan fingerprint density at radius 1 is 1.18 bits per heavy atom. The summed E-state index contributed by atoms with van der Waals surface area (Å²) in [5.74, 6) is 0. The molecule has 2 aromatic heterocycles. The molecular formula is C14H17N3. The molecule has 1 aliphatic heterocycles. The van der Waals surface area contributed by atoms with Crippen molar-refractivity contribution >= 4 is 11.6 Å².